The zero-order valence-electron chi connectivity index (χ0n) is 10.8. The summed E-state index contributed by atoms with van der Waals surface area (Å²) in [6, 6.07) is 11.3. The number of nitrogens with zero attached hydrogens (tertiary/aromatic N) is 1. The average molecular weight is 288 g/mol. The zero-order chi connectivity index (χ0) is 13.9. The molecule has 1 aromatic carbocycles. The first kappa shape index (κ1) is 13.1. The van der Waals surface area contributed by atoms with Crippen LogP contribution in [0.1, 0.15) is 11.1 Å². The minimum atomic E-state index is -0.222. The lowest BCUT2D eigenvalue weighted by molar-refractivity contribution is -0.118. The molecule has 1 atom stereocenters. The molecule has 2 aromatic rings. The second-order valence-corrected chi connectivity index (χ2v) is 5.15. The van der Waals surface area contributed by atoms with Gasteiger partial charge in [0.15, 0.2) is 0 Å². The molecule has 1 aromatic heterocycles. The lowest BCUT2D eigenvalue weighted by Crippen LogP contribution is -2.44. The highest BCUT2D eigenvalue weighted by Gasteiger charge is 2.23. The topological polar surface area (TPSA) is 54.0 Å². The number of hydrogen-bond acceptors (Lipinski definition) is 3. The first-order valence-electron chi connectivity index (χ1n) is 6.45. The molecule has 0 radical (unpaired) electrons. The van der Waals surface area contributed by atoms with E-state index < -0.39 is 0 Å². The summed E-state index contributed by atoms with van der Waals surface area (Å²) >= 11 is 5.72. The van der Waals surface area contributed by atoms with E-state index in [9.17, 15) is 4.79 Å². The maximum absolute atomic E-state index is 12.2. The molecule has 5 heteroatoms. The van der Waals surface area contributed by atoms with Crippen LogP contribution < -0.4 is 10.6 Å². The van der Waals surface area contributed by atoms with Gasteiger partial charge >= 0.3 is 0 Å². The number of rotatable bonds is 2. The standard InChI is InChI=1S/C15H14ClN3O/c16-14-6-5-12(9-18-14)19-15(20)13-7-10-3-1-2-4-11(10)8-17-13/h1-6,9,13,17H,7-8H2,(H,19,20)/t13-/m1/s1. The number of hydrogen-bond donors (Lipinski definition) is 2. The van der Waals surface area contributed by atoms with E-state index in [-0.39, 0.29) is 11.9 Å². The molecule has 0 bridgehead atoms. The molecule has 4 nitrogen and oxygen atoms in total. The molecule has 0 aliphatic carbocycles. The molecule has 1 aliphatic rings. The molecule has 0 spiro atoms. The van der Waals surface area contributed by atoms with Crippen LogP contribution in [0.2, 0.25) is 5.15 Å². The van der Waals surface area contributed by atoms with Crippen LogP contribution in [-0.2, 0) is 17.8 Å². The van der Waals surface area contributed by atoms with Crippen molar-refractivity contribution in [2.24, 2.45) is 0 Å². The summed E-state index contributed by atoms with van der Waals surface area (Å²) in [4.78, 5) is 16.2. The minimum Gasteiger partial charge on any atom is -0.323 e. The van der Waals surface area contributed by atoms with Crippen molar-refractivity contribution in [1.82, 2.24) is 10.3 Å². The Morgan fingerprint density at radius 1 is 1.25 bits per heavy atom. The van der Waals surface area contributed by atoms with Gasteiger partial charge < -0.3 is 10.6 Å². The summed E-state index contributed by atoms with van der Waals surface area (Å²) < 4.78 is 0. The van der Waals surface area contributed by atoms with Crippen molar-refractivity contribution in [1.29, 1.82) is 0 Å². The van der Waals surface area contributed by atoms with E-state index in [1.54, 1.807) is 18.3 Å². The molecular formula is C15H14ClN3O. The van der Waals surface area contributed by atoms with Crippen molar-refractivity contribution in [2.75, 3.05) is 5.32 Å². The fourth-order valence-corrected chi connectivity index (χ4v) is 2.43. The van der Waals surface area contributed by atoms with E-state index in [1.165, 1.54) is 11.1 Å². The minimum absolute atomic E-state index is 0.0522. The lowest BCUT2D eigenvalue weighted by atomic mass is 9.95. The molecule has 0 saturated heterocycles. The number of pyridine rings is 1. The van der Waals surface area contributed by atoms with Crippen LogP contribution >= 0.6 is 11.6 Å². The van der Waals surface area contributed by atoms with Gasteiger partial charge in [-0.05, 0) is 29.7 Å². The second-order valence-electron chi connectivity index (χ2n) is 4.77. The summed E-state index contributed by atoms with van der Waals surface area (Å²) in [5, 5.41) is 6.51. The SMILES string of the molecule is O=C(Nc1ccc(Cl)nc1)[C@H]1Cc2ccccc2CN1. The van der Waals surface area contributed by atoms with Crippen molar-refractivity contribution >= 4 is 23.2 Å². The molecular weight excluding hydrogens is 274 g/mol. The van der Waals surface area contributed by atoms with Gasteiger partial charge in [0.05, 0.1) is 17.9 Å². The Morgan fingerprint density at radius 2 is 2.05 bits per heavy atom. The number of carbonyl (C=O) groups excluding carboxylic acids is 1. The van der Waals surface area contributed by atoms with Crippen molar-refractivity contribution in [2.45, 2.75) is 19.0 Å². The normalized spacial score (nSPS) is 17.4. The van der Waals surface area contributed by atoms with Crippen LogP contribution in [-0.4, -0.2) is 16.9 Å². The van der Waals surface area contributed by atoms with Gasteiger partial charge in [-0.2, -0.15) is 0 Å². The summed E-state index contributed by atoms with van der Waals surface area (Å²) in [6.45, 7) is 0.715. The molecule has 0 unspecified atom stereocenters. The third-order valence-electron chi connectivity index (χ3n) is 3.39. The maximum Gasteiger partial charge on any atom is 0.241 e. The first-order valence-corrected chi connectivity index (χ1v) is 6.83. The third kappa shape index (κ3) is 2.81. The highest BCUT2D eigenvalue weighted by molar-refractivity contribution is 6.29. The largest absolute Gasteiger partial charge is 0.323 e. The highest BCUT2D eigenvalue weighted by atomic mass is 35.5. The van der Waals surface area contributed by atoms with E-state index in [0.717, 1.165) is 0 Å². The van der Waals surface area contributed by atoms with Crippen molar-refractivity contribution in [3.8, 4) is 0 Å². The summed E-state index contributed by atoms with van der Waals surface area (Å²) in [5.74, 6) is -0.0522. The van der Waals surface area contributed by atoms with Gasteiger partial charge in [-0.3, -0.25) is 4.79 Å². The number of aromatic nitrogens is 1. The van der Waals surface area contributed by atoms with Gasteiger partial charge in [-0.1, -0.05) is 35.9 Å². The third-order valence-corrected chi connectivity index (χ3v) is 3.62. The Morgan fingerprint density at radius 3 is 2.80 bits per heavy atom. The van der Waals surface area contributed by atoms with Crippen LogP contribution in [0.4, 0.5) is 5.69 Å². The van der Waals surface area contributed by atoms with Gasteiger partial charge in [-0.15, -0.1) is 0 Å². The van der Waals surface area contributed by atoms with E-state index in [0.29, 0.717) is 23.8 Å². The van der Waals surface area contributed by atoms with Gasteiger partial charge in [0, 0.05) is 6.54 Å². The zero-order valence-corrected chi connectivity index (χ0v) is 11.5. The quantitative estimate of drug-likeness (QED) is 0.834. The second kappa shape index (κ2) is 5.61. The van der Waals surface area contributed by atoms with E-state index in [4.69, 9.17) is 11.6 Å². The molecule has 0 fully saturated rings. The van der Waals surface area contributed by atoms with Crippen molar-refractivity contribution < 1.29 is 4.79 Å². The van der Waals surface area contributed by atoms with Crippen LogP contribution in [0.5, 0.6) is 0 Å². The van der Waals surface area contributed by atoms with Gasteiger partial charge in [0.1, 0.15) is 5.15 Å². The Bertz CT molecular complexity index is 627. The molecule has 102 valence electrons. The molecule has 2 heterocycles. The lowest BCUT2D eigenvalue weighted by Gasteiger charge is -2.25. The van der Waals surface area contributed by atoms with Crippen molar-refractivity contribution in [3.05, 3.63) is 58.9 Å². The number of fused-ring (bicyclic) bond motifs is 1. The Balaban J connectivity index is 1.68. The fourth-order valence-electron chi connectivity index (χ4n) is 2.32. The monoisotopic (exact) mass is 287 g/mol. The van der Waals surface area contributed by atoms with E-state index in [1.807, 2.05) is 12.1 Å². The van der Waals surface area contributed by atoms with E-state index in [2.05, 4.69) is 27.8 Å². The Kier molecular flexibility index (Phi) is 3.67. The summed E-state index contributed by atoms with van der Waals surface area (Å²) in [6.07, 6.45) is 2.25. The molecule has 1 amide bonds. The smallest absolute Gasteiger partial charge is 0.241 e. The van der Waals surface area contributed by atoms with Gasteiger partial charge in [0.25, 0.3) is 0 Å². The Hall–Kier alpha value is -1.91. The molecule has 2 N–H and O–H groups in total. The maximum atomic E-state index is 12.2. The number of nitrogens with one attached hydrogen (secondary N) is 2. The summed E-state index contributed by atoms with van der Waals surface area (Å²) in [5.41, 5.74) is 3.13. The van der Waals surface area contributed by atoms with Crippen LogP contribution in [0.15, 0.2) is 42.6 Å². The van der Waals surface area contributed by atoms with E-state index >= 15 is 0 Å². The van der Waals surface area contributed by atoms with Gasteiger partial charge in [0.2, 0.25) is 5.91 Å². The fraction of sp³-hybridized carbons (Fsp3) is 0.200. The first-order chi connectivity index (χ1) is 9.72. The number of halogens is 1. The van der Waals surface area contributed by atoms with Gasteiger partial charge in [-0.25, -0.2) is 4.98 Å². The molecule has 20 heavy (non-hydrogen) atoms. The number of amides is 1. The molecule has 1 aliphatic heterocycles. The van der Waals surface area contributed by atoms with Crippen molar-refractivity contribution in [3.63, 3.8) is 0 Å². The predicted molar refractivity (Wildman–Crippen MR) is 78.7 cm³/mol. The van der Waals surface area contributed by atoms with Crippen LogP contribution in [0.3, 0.4) is 0 Å². The number of carbonyl (C=O) groups is 1. The predicted octanol–water partition coefficient (Wildman–Crippen LogP) is 2.39. The van der Waals surface area contributed by atoms with Crippen LogP contribution in [0.25, 0.3) is 0 Å². The number of benzene rings is 1. The average Bonchev–Trinajstić information content (AvgIpc) is 2.49. The van der Waals surface area contributed by atoms with Crippen LogP contribution in [0, 0.1) is 0 Å². The Labute approximate surface area is 122 Å². The molecule has 0 saturated carbocycles. The highest BCUT2D eigenvalue weighted by Crippen LogP contribution is 2.17. The number of anilines is 1. The summed E-state index contributed by atoms with van der Waals surface area (Å²) in [7, 11) is 0. The molecule has 3 rings (SSSR count).